The van der Waals surface area contributed by atoms with E-state index in [0.717, 1.165) is 12.0 Å². The fourth-order valence-corrected chi connectivity index (χ4v) is 4.94. The highest BCUT2D eigenvalue weighted by atomic mass is 19.1. The molecule has 0 saturated carbocycles. The van der Waals surface area contributed by atoms with Crippen LogP contribution in [0.15, 0.2) is 90.1 Å². The minimum Gasteiger partial charge on any atom is -0.451 e. The van der Waals surface area contributed by atoms with E-state index in [2.05, 4.69) is 15.3 Å². The third-order valence-electron chi connectivity index (χ3n) is 6.76. The van der Waals surface area contributed by atoms with Crippen molar-refractivity contribution < 1.29 is 22.8 Å². The van der Waals surface area contributed by atoms with Crippen LogP contribution >= 0.6 is 0 Å². The molecule has 0 bridgehead atoms. The molecular formula is C29H27F2N5O3. The van der Waals surface area contributed by atoms with Crippen LogP contribution in [0.25, 0.3) is 0 Å². The summed E-state index contributed by atoms with van der Waals surface area (Å²) in [7, 11) is 0. The number of halogens is 2. The van der Waals surface area contributed by atoms with Crippen LogP contribution < -0.4 is 10.2 Å². The molecule has 10 heteroatoms. The normalized spacial score (nSPS) is 15.6. The van der Waals surface area contributed by atoms with Crippen molar-refractivity contribution in [3.63, 3.8) is 0 Å². The van der Waals surface area contributed by atoms with Gasteiger partial charge in [-0.25, -0.2) is 13.8 Å². The van der Waals surface area contributed by atoms with Crippen molar-refractivity contribution in [3.05, 3.63) is 114 Å². The van der Waals surface area contributed by atoms with Crippen LogP contribution in [-0.2, 0) is 11.2 Å². The molecule has 1 aliphatic rings. The van der Waals surface area contributed by atoms with Gasteiger partial charge in [-0.1, -0.05) is 30.3 Å². The van der Waals surface area contributed by atoms with E-state index in [-0.39, 0.29) is 23.9 Å². The number of hydrogen-bond acceptors (Lipinski definition) is 6. The Morgan fingerprint density at radius 3 is 2.74 bits per heavy atom. The van der Waals surface area contributed by atoms with Gasteiger partial charge in [0.2, 0.25) is 5.91 Å². The average molecular weight is 532 g/mol. The molecule has 0 radical (unpaired) electrons. The maximum atomic E-state index is 14.6. The Balaban J connectivity index is 1.44. The molecule has 2 aromatic heterocycles. The van der Waals surface area contributed by atoms with E-state index in [1.165, 1.54) is 29.4 Å². The number of carbonyl (C=O) groups excluding carboxylic acids is 2. The van der Waals surface area contributed by atoms with E-state index in [0.29, 0.717) is 37.2 Å². The Hall–Kier alpha value is -4.60. The molecule has 1 fully saturated rings. The number of anilines is 1. The topological polar surface area (TPSA) is 91.6 Å². The molecule has 2 atom stereocenters. The summed E-state index contributed by atoms with van der Waals surface area (Å²) in [5, 5.41) is 2.90. The summed E-state index contributed by atoms with van der Waals surface area (Å²) < 4.78 is 33.2. The third-order valence-corrected chi connectivity index (χ3v) is 6.76. The van der Waals surface area contributed by atoms with Gasteiger partial charge in [0.05, 0.1) is 11.7 Å². The van der Waals surface area contributed by atoms with Gasteiger partial charge >= 0.3 is 0 Å². The van der Waals surface area contributed by atoms with Crippen LogP contribution in [0.1, 0.15) is 34.1 Å². The first-order chi connectivity index (χ1) is 19.0. The largest absolute Gasteiger partial charge is 0.451 e. The van der Waals surface area contributed by atoms with Crippen LogP contribution in [0.5, 0.6) is 0 Å². The second-order valence-electron chi connectivity index (χ2n) is 9.29. The van der Waals surface area contributed by atoms with Gasteiger partial charge in [-0.2, -0.15) is 0 Å². The van der Waals surface area contributed by atoms with Crippen molar-refractivity contribution >= 4 is 17.5 Å². The fraction of sp³-hybridized carbons (Fsp3) is 0.241. The summed E-state index contributed by atoms with van der Waals surface area (Å²) in [6.07, 6.45) is 6.44. The Labute approximate surface area is 224 Å². The van der Waals surface area contributed by atoms with Gasteiger partial charge in [0, 0.05) is 37.6 Å². The van der Waals surface area contributed by atoms with E-state index < -0.39 is 23.9 Å². The van der Waals surface area contributed by atoms with Crippen molar-refractivity contribution in [3.8, 4) is 0 Å². The van der Waals surface area contributed by atoms with Crippen molar-refractivity contribution in [2.24, 2.45) is 0 Å². The Kier molecular flexibility index (Phi) is 7.91. The zero-order valence-corrected chi connectivity index (χ0v) is 21.0. The van der Waals surface area contributed by atoms with Crippen LogP contribution in [-0.4, -0.2) is 52.4 Å². The Morgan fingerprint density at radius 2 is 2.00 bits per heavy atom. The first-order valence-corrected chi connectivity index (χ1v) is 12.6. The number of nitrogens with zero attached hydrogens (tertiary/aromatic N) is 4. The van der Waals surface area contributed by atoms with Gasteiger partial charge in [0.15, 0.2) is 12.1 Å². The maximum absolute atomic E-state index is 14.6. The first kappa shape index (κ1) is 26.0. The van der Waals surface area contributed by atoms with Gasteiger partial charge in [0.25, 0.3) is 5.91 Å². The molecule has 39 heavy (non-hydrogen) atoms. The number of oxazole rings is 1. The van der Waals surface area contributed by atoms with Crippen LogP contribution in [0.3, 0.4) is 0 Å². The number of hydrogen-bond donors (Lipinski definition) is 1. The second-order valence-corrected chi connectivity index (χ2v) is 9.29. The number of para-hydroxylation sites is 1. The van der Waals surface area contributed by atoms with E-state index in [9.17, 15) is 18.4 Å². The molecule has 2 amide bonds. The highest BCUT2D eigenvalue weighted by Gasteiger charge is 2.41. The maximum Gasteiger partial charge on any atom is 0.277 e. The number of rotatable bonds is 9. The predicted molar refractivity (Wildman–Crippen MR) is 140 cm³/mol. The summed E-state index contributed by atoms with van der Waals surface area (Å²) >= 11 is 0. The summed E-state index contributed by atoms with van der Waals surface area (Å²) in [6.45, 7) is 1.05. The Bertz CT molecular complexity index is 1420. The zero-order chi connectivity index (χ0) is 27.2. The molecule has 4 aromatic rings. The lowest BCUT2D eigenvalue weighted by Crippen LogP contribution is -2.50. The highest BCUT2D eigenvalue weighted by molar-refractivity contribution is 5.96. The minimum atomic E-state index is -1.04. The van der Waals surface area contributed by atoms with Crippen LogP contribution in [0.2, 0.25) is 0 Å². The van der Waals surface area contributed by atoms with Crippen molar-refractivity contribution in [1.29, 1.82) is 0 Å². The lowest BCUT2D eigenvalue weighted by Gasteiger charge is -2.35. The van der Waals surface area contributed by atoms with Crippen molar-refractivity contribution in [2.45, 2.75) is 24.9 Å². The molecule has 3 heterocycles. The smallest absolute Gasteiger partial charge is 0.277 e. The standard InChI is InChI=1S/C29H27F2N5O3/c30-22-7-3-5-20(15-22)10-13-33-28(37)27(21-6-4-12-32-16-21)36(29(38)25-18-39-19-34-25)23-11-14-35(17-23)26-9-2-1-8-24(26)31/h1-9,12,15-16,18-19,23,27H,10-11,13-14,17H2,(H,33,37). The molecule has 2 aromatic carbocycles. The van der Waals surface area contributed by atoms with E-state index in [4.69, 9.17) is 4.42 Å². The molecule has 0 spiro atoms. The zero-order valence-electron chi connectivity index (χ0n) is 21.0. The summed E-state index contributed by atoms with van der Waals surface area (Å²) in [5.41, 5.74) is 1.74. The molecule has 200 valence electrons. The predicted octanol–water partition coefficient (Wildman–Crippen LogP) is 4.17. The highest BCUT2D eigenvalue weighted by Crippen LogP contribution is 2.32. The van der Waals surface area contributed by atoms with Gasteiger partial charge in [-0.3, -0.25) is 14.6 Å². The van der Waals surface area contributed by atoms with Crippen molar-refractivity contribution in [1.82, 2.24) is 20.2 Å². The van der Waals surface area contributed by atoms with Crippen LogP contribution in [0.4, 0.5) is 14.5 Å². The number of benzene rings is 2. The number of amides is 2. The molecule has 1 N–H and O–H groups in total. The van der Waals surface area contributed by atoms with Crippen molar-refractivity contribution in [2.75, 3.05) is 24.5 Å². The molecule has 2 unspecified atom stereocenters. The number of carbonyl (C=O) groups is 2. The van der Waals surface area contributed by atoms with Gasteiger partial charge in [0.1, 0.15) is 23.9 Å². The lowest BCUT2D eigenvalue weighted by atomic mass is 10.0. The SMILES string of the molecule is O=C(NCCc1cccc(F)c1)C(c1cccnc1)N(C(=O)c1cocn1)C1CCN(c2ccccc2F)C1. The molecule has 1 saturated heterocycles. The van der Waals surface area contributed by atoms with Crippen LogP contribution in [0, 0.1) is 11.6 Å². The van der Waals surface area contributed by atoms with Gasteiger partial charge < -0.3 is 19.5 Å². The Morgan fingerprint density at radius 1 is 1.13 bits per heavy atom. The lowest BCUT2D eigenvalue weighted by molar-refractivity contribution is -0.126. The summed E-state index contributed by atoms with van der Waals surface area (Å²) in [5.74, 6) is -1.61. The van der Waals surface area contributed by atoms with E-state index in [1.54, 1.807) is 54.9 Å². The molecule has 5 rings (SSSR count). The number of nitrogens with one attached hydrogen (secondary N) is 1. The molecule has 0 aliphatic carbocycles. The molecule has 1 aliphatic heterocycles. The molecular weight excluding hydrogens is 504 g/mol. The third kappa shape index (κ3) is 5.95. The monoisotopic (exact) mass is 531 g/mol. The summed E-state index contributed by atoms with van der Waals surface area (Å²) in [4.78, 5) is 39.1. The quantitative estimate of drug-likeness (QED) is 0.349. The number of aromatic nitrogens is 2. The average Bonchev–Trinajstić information content (AvgIpc) is 3.65. The second kappa shape index (κ2) is 11.8. The van der Waals surface area contributed by atoms with E-state index in [1.807, 2.05) is 4.90 Å². The first-order valence-electron chi connectivity index (χ1n) is 12.6. The number of pyridine rings is 1. The fourth-order valence-electron chi connectivity index (χ4n) is 4.94. The van der Waals surface area contributed by atoms with Gasteiger partial charge in [-0.15, -0.1) is 0 Å². The van der Waals surface area contributed by atoms with E-state index >= 15 is 0 Å². The molecule has 8 nitrogen and oxygen atoms in total. The van der Waals surface area contributed by atoms with Gasteiger partial charge in [-0.05, 0) is 48.7 Å². The minimum absolute atomic E-state index is 0.0563. The summed E-state index contributed by atoms with van der Waals surface area (Å²) in [6, 6.07) is 14.6.